The summed E-state index contributed by atoms with van der Waals surface area (Å²) in [6.07, 6.45) is 0.333. The van der Waals surface area contributed by atoms with Gasteiger partial charge < -0.3 is 10.1 Å². The van der Waals surface area contributed by atoms with Gasteiger partial charge in [0.25, 0.3) is 0 Å². The molecule has 27 heavy (non-hydrogen) atoms. The Morgan fingerprint density at radius 1 is 1.37 bits per heavy atom. The van der Waals surface area contributed by atoms with E-state index in [0.717, 1.165) is 0 Å². The second-order valence-electron chi connectivity index (χ2n) is 6.55. The number of urea groups is 1. The largest absolute Gasteiger partial charge is 0.463 e. The minimum Gasteiger partial charge on any atom is -0.463 e. The van der Waals surface area contributed by atoms with Crippen molar-refractivity contribution in [3.05, 3.63) is 46.1 Å². The minimum absolute atomic E-state index is 0.0252. The zero-order valence-electron chi connectivity index (χ0n) is 15.1. The fraction of sp³-hybridized carbons (Fsp3) is 0.444. The van der Waals surface area contributed by atoms with Gasteiger partial charge in [0.2, 0.25) is 0 Å². The summed E-state index contributed by atoms with van der Waals surface area (Å²) in [5, 5.41) is 3.21. The Morgan fingerprint density at radius 3 is 2.67 bits per heavy atom. The first kappa shape index (κ1) is 19.7. The van der Waals surface area contributed by atoms with Gasteiger partial charge in [-0.1, -0.05) is 29.8 Å². The molecule has 1 fully saturated rings. The number of allylic oxidation sites excluding steroid dienone is 1. The summed E-state index contributed by atoms with van der Waals surface area (Å²) < 4.78 is 28.9. The van der Waals surface area contributed by atoms with Crippen LogP contribution in [0.2, 0.25) is 5.02 Å². The van der Waals surface area contributed by atoms with E-state index in [1.54, 1.807) is 38.1 Å². The summed E-state index contributed by atoms with van der Waals surface area (Å²) >= 11 is 6.28. The van der Waals surface area contributed by atoms with Crippen LogP contribution in [0.3, 0.4) is 0 Å². The van der Waals surface area contributed by atoms with Crippen molar-refractivity contribution in [2.24, 2.45) is 0 Å². The number of hydrogen-bond acceptors (Lipinski definition) is 5. The maximum Gasteiger partial charge on any atom is 0.338 e. The number of carbonyl (C=O) groups is 2. The van der Waals surface area contributed by atoms with Crippen molar-refractivity contribution in [3.8, 4) is 0 Å². The highest BCUT2D eigenvalue weighted by atomic mass is 35.5. The molecule has 146 valence electrons. The molecule has 2 amide bonds. The minimum atomic E-state index is -3.19. The zero-order valence-corrected chi connectivity index (χ0v) is 16.6. The van der Waals surface area contributed by atoms with E-state index >= 15 is 0 Å². The number of rotatable bonds is 4. The standard InChI is InChI=1S/C18H21ClN2O5S/c1-3-26-17(22)15-11(2)21(12-8-9-27(24,25)10-12)18(23)20-16(15)13-6-4-5-7-14(13)19/h4-7,12,16H,3,8-10H2,1-2H3,(H,20,23)/t12-,16+/m0/s1. The molecule has 7 nitrogen and oxygen atoms in total. The molecule has 0 bridgehead atoms. The topological polar surface area (TPSA) is 92.8 Å². The Morgan fingerprint density at radius 2 is 2.07 bits per heavy atom. The first-order chi connectivity index (χ1) is 12.7. The highest BCUT2D eigenvalue weighted by molar-refractivity contribution is 7.91. The number of carbonyl (C=O) groups excluding carboxylic acids is 2. The molecule has 2 aliphatic heterocycles. The predicted octanol–water partition coefficient (Wildman–Crippen LogP) is 2.43. The summed E-state index contributed by atoms with van der Waals surface area (Å²) in [6, 6.07) is 5.21. The zero-order chi connectivity index (χ0) is 19.8. The van der Waals surface area contributed by atoms with Gasteiger partial charge >= 0.3 is 12.0 Å². The number of amides is 2. The Bertz CT molecular complexity index is 912. The van der Waals surface area contributed by atoms with Crippen molar-refractivity contribution >= 4 is 33.4 Å². The van der Waals surface area contributed by atoms with Gasteiger partial charge in [-0.2, -0.15) is 0 Å². The summed E-state index contributed by atoms with van der Waals surface area (Å²) in [7, 11) is -3.19. The fourth-order valence-electron chi connectivity index (χ4n) is 3.59. The highest BCUT2D eigenvalue weighted by Gasteiger charge is 2.43. The third-order valence-corrected chi connectivity index (χ3v) is 6.91. The van der Waals surface area contributed by atoms with Crippen LogP contribution in [0, 0.1) is 0 Å². The monoisotopic (exact) mass is 412 g/mol. The van der Waals surface area contributed by atoms with Crippen molar-refractivity contribution in [3.63, 3.8) is 0 Å². The highest BCUT2D eigenvalue weighted by Crippen LogP contribution is 2.36. The van der Waals surface area contributed by atoms with Crippen molar-refractivity contribution in [1.29, 1.82) is 0 Å². The lowest BCUT2D eigenvalue weighted by atomic mass is 9.94. The molecule has 0 unspecified atom stereocenters. The van der Waals surface area contributed by atoms with Gasteiger partial charge in [0, 0.05) is 10.7 Å². The number of nitrogens with zero attached hydrogens (tertiary/aromatic N) is 1. The number of hydrogen-bond donors (Lipinski definition) is 1. The molecule has 0 radical (unpaired) electrons. The molecule has 2 aliphatic rings. The maximum absolute atomic E-state index is 12.8. The van der Waals surface area contributed by atoms with Crippen LogP contribution in [0.4, 0.5) is 4.79 Å². The Balaban J connectivity index is 2.08. The van der Waals surface area contributed by atoms with E-state index in [2.05, 4.69) is 5.32 Å². The van der Waals surface area contributed by atoms with Crippen LogP contribution < -0.4 is 5.32 Å². The third-order valence-electron chi connectivity index (χ3n) is 4.81. The van der Waals surface area contributed by atoms with E-state index < -0.39 is 33.9 Å². The number of esters is 1. The summed E-state index contributed by atoms with van der Waals surface area (Å²) in [5.41, 5.74) is 1.23. The molecular formula is C18H21ClN2O5S. The summed E-state index contributed by atoms with van der Waals surface area (Å²) in [5.74, 6) is -0.659. The van der Waals surface area contributed by atoms with E-state index in [4.69, 9.17) is 16.3 Å². The average Bonchev–Trinajstić information content (AvgIpc) is 2.94. The van der Waals surface area contributed by atoms with Crippen molar-refractivity contribution in [2.45, 2.75) is 32.4 Å². The van der Waals surface area contributed by atoms with Crippen molar-refractivity contribution in [2.75, 3.05) is 18.1 Å². The molecule has 2 atom stereocenters. The van der Waals surface area contributed by atoms with Gasteiger partial charge in [0.15, 0.2) is 9.84 Å². The second kappa shape index (κ2) is 7.52. The summed E-state index contributed by atoms with van der Waals surface area (Å²) in [6.45, 7) is 3.51. The summed E-state index contributed by atoms with van der Waals surface area (Å²) in [4.78, 5) is 26.9. The van der Waals surface area contributed by atoms with Crippen LogP contribution in [0.1, 0.15) is 31.9 Å². The maximum atomic E-state index is 12.8. The lowest BCUT2D eigenvalue weighted by molar-refractivity contribution is -0.139. The number of sulfone groups is 1. The first-order valence-corrected chi connectivity index (χ1v) is 10.9. The van der Waals surface area contributed by atoms with E-state index in [1.807, 2.05) is 0 Å². The van der Waals surface area contributed by atoms with Crippen LogP contribution in [-0.2, 0) is 19.4 Å². The van der Waals surface area contributed by atoms with Gasteiger partial charge in [-0.3, -0.25) is 4.90 Å². The number of nitrogens with one attached hydrogen (secondary N) is 1. The lowest BCUT2D eigenvalue weighted by Crippen LogP contribution is -2.52. The SMILES string of the molecule is CCOC(=O)C1=C(C)N([C@H]2CCS(=O)(=O)C2)C(=O)N[C@@H]1c1ccccc1Cl. The van der Waals surface area contributed by atoms with Gasteiger partial charge in [0.1, 0.15) is 0 Å². The van der Waals surface area contributed by atoms with E-state index in [1.165, 1.54) is 4.90 Å². The molecule has 1 N–H and O–H groups in total. The third kappa shape index (κ3) is 3.82. The molecule has 0 aromatic heterocycles. The fourth-order valence-corrected chi connectivity index (χ4v) is 5.54. The smallest absolute Gasteiger partial charge is 0.338 e. The molecular weight excluding hydrogens is 392 g/mol. The molecule has 2 heterocycles. The predicted molar refractivity (Wildman–Crippen MR) is 101 cm³/mol. The molecule has 1 aromatic rings. The van der Waals surface area contributed by atoms with Crippen LogP contribution in [0.5, 0.6) is 0 Å². The van der Waals surface area contributed by atoms with Gasteiger partial charge in [-0.05, 0) is 31.9 Å². The van der Waals surface area contributed by atoms with Gasteiger partial charge in [0.05, 0.1) is 35.8 Å². The Kier molecular flexibility index (Phi) is 5.48. The van der Waals surface area contributed by atoms with Crippen LogP contribution in [0.25, 0.3) is 0 Å². The van der Waals surface area contributed by atoms with Gasteiger partial charge in [-0.15, -0.1) is 0 Å². The lowest BCUT2D eigenvalue weighted by Gasteiger charge is -2.38. The van der Waals surface area contributed by atoms with Crippen LogP contribution >= 0.6 is 11.6 Å². The second-order valence-corrected chi connectivity index (χ2v) is 9.19. The number of ether oxygens (including phenoxy) is 1. The van der Waals surface area contributed by atoms with Crippen molar-refractivity contribution < 1.29 is 22.7 Å². The molecule has 0 spiro atoms. The van der Waals surface area contributed by atoms with E-state index in [0.29, 0.717) is 22.7 Å². The molecule has 0 saturated carbocycles. The Hall–Kier alpha value is -2.06. The molecule has 1 saturated heterocycles. The van der Waals surface area contributed by atoms with E-state index in [-0.39, 0.29) is 23.7 Å². The van der Waals surface area contributed by atoms with Gasteiger partial charge in [-0.25, -0.2) is 18.0 Å². The van der Waals surface area contributed by atoms with Crippen LogP contribution in [-0.4, -0.2) is 49.5 Å². The van der Waals surface area contributed by atoms with Crippen LogP contribution in [0.15, 0.2) is 35.5 Å². The molecule has 9 heteroatoms. The van der Waals surface area contributed by atoms with Crippen molar-refractivity contribution in [1.82, 2.24) is 10.2 Å². The number of benzene rings is 1. The molecule has 3 rings (SSSR count). The quantitative estimate of drug-likeness (QED) is 0.766. The normalized spacial score (nSPS) is 24.7. The first-order valence-electron chi connectivity index (χ1n) is 8.67. The molecule has 1 aromatic carbocycles. The van der Waals surface area contributed by atoms with E-state index in [9.17, 15) is 18.0 Å². The molecule has 0 aliphatic carbocycles. The Labute approximate surface area is 163 Å². The number of halogens is 1. The average molecular weight is 413 g/mol.